The molecule has 0 fully saturated rings. The Hall–Kier alpha value is -9.94. The molecule has 0 bridgehead atoms. The van der Waals surface area contributed by atoms with Crippen molar-refractivity contribution in [3.63, 3.8) is 0 Å². The molecule has 418 valence electrons. The Balaban J connectivity index is 1.05. The van der Waals surface area contributed by atoms with Gasteiger partial charge in [0.2, 0.25) is 0 Å². The van der Waals surface area contributed by atoms with Crippen LogP contribution < -0.4 is 40.0 Å². The third-order valence-electron chi connectivity index (χ3n) is 17.3. The maximum absolute atomic E-state index is 9.65. The van der Waals surface area contributed by atoms with Crippen molar-refractivity contribution < 1.29 is 6.85 Å². The molecule has 0 radical (unpaired) electrons. The van der Waals surface area contributed by atoms with Gasteiger partial charge in [0.25, 0.3) is 0 Å². The molecule has 0 aliphatic carbocycles. The Morgan fingerprint density at radius 2 is 0.932 bits per heavy atom. The standard InChI is InChI=1S/C82H60BN3SSe/c1-82(2,3)62-43-46-71(69(52-62)57-31-15-6-16-32-57)86-72-53-67(84(63-33-17-7-18-34-63)64-35-19-8-20-36-64)44-45-70(72)83-79-74(86)50-61(60-48-58(55-27-11-4-12-28-55)47-59(49-60)56-29-13-5-14-30-56)51-76(79)88-77-54-73(78-68-41-25-26-42-75(68)87-81(78)80(77)83)85(65-37-21-9-22-38-65)66-39-23-10-24-40-66/h4-54H,1-3H3/i9D,21D,22D,37D,38D. The quantitative estimate of drug-likeness (QED) is 0.120. The van der Waals surface area contributed by atoms with Crippen molar-refractivity contribution >= 4 is 130 Å². The van der Waals surface area contributed by atoms with Crippen molar-refractivity contribution in [2.45, 2.75) is 26.2 Å². The van der Waals surface area contributed by atoms with E-state index < -0.39 is 6.04 Å². The van der Waals surface area contributed by atoms with Crippen LogP contribution >= 0.6 is 11.3 Å². The number of anilines is 9. The molecule has 3 heterocycles. The summed E-state index contributed by atoms with van der Waals surface area (Å²) in [6.07, 6.45) is 0. The maximum atomic E-state index is 9.65. The van der Waals surface area contributed by atoms with Crippen molar-refractivity contribution in [3.05, 3.63) is 315 Å². The molecule has 0 amide bonds. The summed E-state index contributed by atoms with van der Waals surface area (Å²) < 4.78 is 50.9. The van der Waals surface area contributed by atoms with Gasteiger partial charge in [-0.15, -0.1) is 0 Å². The summed E-state index contributed by atoms with van der Waals surface area (Å²) in [5.41, 5.74) is 21.5. The van der Waals surface area contributed by atoms with Crippen LogP contribution in [0.25, 0.3) is 64.7 Å². The number of nitrogens with zero attached hydrogens (tertiary/aromatic N) is 3. The minimum absolute atomic E-state index is 0.101. The first kappa shape index (κ1) is 48.2. The average Bonchev–Trinajstić information content (AvgIpc) is 1.66. The van der Waals surface area contributed by atoms with Crippen LogP contribution in [0.3, 0.4) is 0 Å². The zero-order valence-electron chi connectivity index (χ0n) is 53.8. The molecular weight excluding hydrogens is 1150 g/mol. The number of hydrogen-bond acceptors (Lipinski definition) is 4. The van der Waals surface area contributed by atoms with Crippen LogP contribution in [0.4, 0.5) is 51.2 Å². The molecule has 0 N–H and O–H groups in total. The van der Waals surface area contributed by atoms with Crippen molar-refractivity contribution in [2.24, 2.45) is 0 Å². The molecule has 88 heavy (non-hydrogen) atoms. The molecule has 0 unspecified atom stereocenters. The van der Waals surface area contributed by atoms with Gasteiger partial charge in [-0.05, 0) is 0 Å². The topological polar surface area (TPSA) is 9.72 Å². The molecular formula is C82H60BN3SSe. The third-order valence-corrected chi connectivity index (χ3v) is 20.8. The molecule has 0 spiro atoms. The molecule has 3 nitrogen and oxygen atoms in total. The second-order valence-corrected chi connectivity index (χ2v) is 27.0. The van der Waals surface area contributed by atoms with Gasteiger partial charge in [-0.25, -0.2) is 0 Å². The Morgan fingerprint density at radius 3 is 1.53 bits per heavy atom. The number of para-hydroxylation sites is 4. The zero-order valence-corrected chi connectivity index (χ0v) is 51.3. The Morgan fingerprint density at radius 1 is 0.409 bits per heavy atom. The first-order valence-corrected chi connectivity index (χ1v) is 32.5. The van der Waals surface area contributed by atoms with E-state index in [0.29, 0.717) is 5.69 Å². The SMILES string of the molecule is [2H]c1c([2H])c([2H])c(N(c2ccccc2)c2cc3c(c4sc5ccccc5c24)B2c4ccc(N(c5ccccc5)c5ccccc5)cc4N(c4ccc(C(C)(C)C)cc4-c4ccccc4)c4cc(-c5cc(-c6ccccc6)cc(-c6ccccc6)c5)cc(c42)[Se]3)c([2H])c1[2H]. The van der Waals surface area contributed by atoms with Gasteiger partial charge in [-0.3, -0.25) is 0 Å². The van der Waals surface area contributed by atoms with Gasteiger partial charge < -0.3 is 0 Å². The molecule has 2 aliphatic rings. The summed E-state index contributed by atoms with van der Waals surface area (Å²) in [4.78, 5) is 6.89. The Labute approximate surface area is 533 Å². The fourth-order valence-corrected chi connectivity index (χ4v) is 17.3. The second kappa shape index (κ2) is 22.1. The first-order valence-electron chi connectivity index (χ1n) is 32.4. The number of hydrogen-bond donors (Lipinski definition) is 0. The molecule has 14 aromatic rings. The number of benzene rings is 13. The van der Waals surface area contributed by atoms with Gasteiger partial charge in [0.1, 0.15) is 0 Å². The monoisotopic (exact) mass is 1210 g/mol. The Kier molecular flexibility index (Phi) is 12.1. The fourth-order valence-electron chi connectivity index (χ4n) is 13.2. The van der Waals surface area contributed by atoms with Gasteiger partial charge in [-0.1, -0.05) is 0 Å². The molecule has 16 rings (SSSR count). The number of fused-ring (bicyclic) bond motifs is 8. The van der Waals surface area contributed by atoms with Gasteiger partial charge in [0.15, 0.2) is 0 Å². The summed E-state index contributed by atoms with van der Waals surface area (Å²) in [7, 11) is 0. The van der Waals surface area contributed by atoms with Crippen molar-refractivity contribution in [1.29, 1.82) is 0 Å². The van der Waals surface area contributed by atoms with Crippen LogP contribution in [-0.4, -0.2) is 21.7 Å². The van der Waals surface area contributed by atoms with E-state index in [2.05, 4.69) is 279 Å². The summed E-state index contributed by atoms with van der Waals surface area (Å²) >= 11 is 1.41. The molecule has 2 aliphatic heterocycles. The van der Waals surface area contributed by atoms with Crippen LogP contribution in [-0.2, 0) is 5.41 Å². The number of thiophene rings is 1. The average molecular weight is 1210 g/mol. The van der Waals surface area contributed by atoms with E-state index in [1.807, 2.05) is 35.2 Å². The van der Waals surface area contributed by atoms with E-state index in [1.165, 1.54) is 21.0 Å². The fraction of sp³-hybridized carbons (Fsp3) is 0.0488. The summed E-state index contributed by atoms with van der Waals surface area (Å²) in [6.45, 7) is 6.60. The molecule has 1 aromatic heterocycles. The summed E-state index contributed by atoms with van der Waals surface area (Å²) in [6, 6.07) is 98.7. The summed E-state index contributed by atoms with van der Waals surface area (Å²) in [5, 5.41) is 2.00. The van der Waals surface area contributed by atoms with Gasteiger partial charge >= 0.3 is 537 Å². The predicted molar refractivity (Wildman–Crippen MR) is 380 cm³/mol. The van der Waals surface area contributed by atoms with E-state index in [9.17, 15) is 2.74 Å². The van der Waals surface area contributed by atoms with E-state index in [4.69, 9.17) is 4.11 Å². The van der Waals surface area contributed by atoms with Crippen molar-refractivity contribution in [1.82, 2.24) is 0 Å². The van der Waals surface area contributed by atoms with Crippen LogP contribution in [0.2, 0.25) is 0 Å². The first-order chi connectivity index (χ1) is 45.4. The molecule has 6 heteroatoms. The van der Waals surface area contributed by atoms with Crippen LogP contribution in [0.5, 0.6) is 0 Å². The van der Waals surface area contributed by atoms with E-state index in [1.54, 1.807) is 11.3 Å². The molecule has 13 aromatic carbocycles. The van der Waals surface area contributed by atoms with Crippen molar-refractivity contribution in [3.8, 4) is 44.5 Å². The normalized spacial score (nSPS) is 13.2. The van der Waals surface area contributed by atoms with Crippen LogP contribution in [0, 0.1) is 0 Å². The Bertz CT molecular complexity index is 5120. The zero-order chi connectivity index (χ0) is 63.2. The van der Waals surface area contributed by atoms with Crippen LogP contribution in [0.1, 0.15) is 33.2 Å². The van der Waals surface area contributed by atoms with Gasteiger partial charge in [0, 0.05) is 0 Å². The molecule has 0 saturated heterocycles. The molecule has 0 atom stereocenters. The van der Waals surface area contributed by atoms with Crippen molar-refractivity contribution in [2.75, 3.05) is 14.7 Å². The van der Waals surface area contributed by atoms with Gasteiger partial charge in [0.05, 0.1) is 0 Å². The second-order valence-electron chi connectivity index (χ2n) is 23.7. The molecule has 0 saturated carbocycles. The summed E-state index contributed by atoms with van der Waals surface area (Å²) in [5.74, 6) is 0. The van der Waals surface area contributed by atoms with E-state index in [0.717, 1.165) is 114 Å². The number of rotatable bonds is 11. The van der Waals surface area contributed by atoms with Crippen LogP contribution in [0.15, 0.2) is 309 Å². The third kappa shape index (κ3) is 9.44. The van der Waals surface area contributed by atoms with E-state index in [-0.39, 0.29) is 56.9 Å². The van der Waals surface area contributed by atoms with E-state index >= 15 is 0 Å². The predicted octanol–water partition coefficient (Wildman–Crippen LogP) is 19.2. The minimum atomic E-state index is -0.431. The van der Waals surface area contributed by atoms with Gasteiger partial charge in [-0.2, -0.15) is 0 Å².